The molecule has 12 nitrogen and oxygen atoms in total. The maximum Gasteiger partial charge on any atom is 0.335 e. The quantitative estimate of drug-likeness (QED) is 0.281. The molecular formula is C30H34N4O8. The highest BCUT2D eigenvalue weighted by molar-refractivity contribution is 6.06. The van der Waals surface area contributed by atoms with Crippen molar-refractivity contribution in [2.24, 2.45) is 0 Å². The number of anilines is 1. The second-order valence-electron chi connectivity index (χ2n) is 9.90. The molecule has 4 N–H and O–H groups in total. The van der Waals surface area contributed by atoms with Gasteiger partial charge in [0.05, 0.1) is 43.1 Å². The Morgan fingerprint density at radius 1 is 1.19 bits per heavy atom. The molecule has 0 radical (unpaired) electrons. The highest BCUT2D eigenvalue weighted by Gasteiger charge is 2.36. The number of methoxy groups -OCH3 is 1. The SMILES string of the molecule is CNC(C)C(=O)NC1COc2c(C(=O)N(C)CCO)cccc2N(Cc2c(OC)ccc3cc(C(=O)O)ccc23)C1=O. The number of nitrogens with zero attached hydrogens (tertiary/aromatic N) is 2. The zero-order chi connectivity index (χ0) is 30.6. The summed E-state index contributed by atoms with van der Waals surface area (Å²) >= 11 is 0. The Bertz CT molecular complexity index is 1520. The number of hydrogen-bond acceptors (Lipinski definition) is 8. The lowest BCUT2D eigenvalue weighted by Crippen LogP contribution is -2.53. The molecule has 0 aliphatic carbocycles. The topological polar surface area (TPSA) is 158 Å². The molecule has 2 atom stereocenters. The number of nitrogens with one attached hydrogen (secondary N) is 2. The van der Waals surface area contributed by atoms with Crippen LogP contribution in [-0.2, 0) is 16.1 Å². The molecule has 1 heterocycles. The van der Waals surface area contributed by atoms with Crippen LogP contribution < -0.4 is 25.0 Å². The lowest BCUT2D eigenvalue weighted by Gasteiger charge is -2.27. The molecule has 0 saturated carbocycles. The van der Waals surface area contributed by atoms with Gasteiger partial charge in [0.1, 0.15) is 18.4 Å². The molecular weight excluding hydrogens is 544 g/mol. The largest absolute Gasteiger partial charge is 0.496 e. The summed E-state index contributed by atoms with van der Waals surface area (Å²) in [4.78, 5) is 54.6. The standard InChI is InChI=1S/C30H34N4O8/c1-17(31-2)27(36)32-23-16-42-26-21(28(37)33(3)12-13-35)6-5-7-24(26)34(29(23)38)15-22-20-10-8-19(30(39)40)14-18(20)9-11-25(22)41-4/h5-11,14,17,23,31,35H,12-13,15-16H2,1-4H3,(H,32,36)(H,39,40). The van der Waals surface area contributed by atoms with E-state index in [0.717, 1.165) is 0 Å². The summed E-state index contributed by atoms with van der Waals surface area (Å²) in [5.41, 5.74) is 1.20. The molecule has 1 aliphatic rings. The van der Waals surface area contributed by atoms with Gasteiger partial charge in [-0.05, 0) is 55.1 Å². The lowest BCUT2D eigenvalue weighted by atomic mass is 10.00. The normalized spacial score (nSPS) is 15.3. The summed E-state index contributed by atoms with van der Waals surface area (Å²) in [5, 5.41) is 25.7. The van der Waals surface area contributed by atoms with Crippen LogP contribution in [0.1, 0.15) is 33.2 Å². The minimum Gasteiger partial charge on any atom is -0.496 e. The molecule has 0 saturated heterocycles. The Balaban J connectivity index is 1.86. The number of rotatable bonds is 10. The number of amides is 3. The molecule has 42 heavy (non-hydrogen) atoms. The van der Waals surface area contributed by atoms with Crippen molar-refractivity contribution in [2.75, 3.05) is 45.9 Å². The van der Waals surface area contributed by atoms with Crippen LogP contribution in [0.4, 0.5) is 5.69 Å². The van der Waals surface area contributed by atoms with E-state index < -0.39 is 35.8 Å². The fraction of sp³-hybridized carbons (Fsp3) is 0.333. The average Bonchev–Trinajstić information content (AvgIpc) is 3.12. The predicted molar refractivity (Wildman–Crippen MR) is 155 cm³/mol. The number of aliphatic hydroxyl groups is 1. The Kier molecular flexibility index (Phi) is 9.28. The summed E-state index contributed by atoms with van der Waals surface area (Å²) in [5.74, 6) is -1.74. The van der Waals surface area contributed by atoms with Crippen molar-refractivity contribution in [3.05, 3.63) is 65.2 Å². The number of carbonyl (C=O) groups is 4. The molecule has 4 rings (SSSR count). The van der Waals surface area contributed by atoms with Crippen LogP contribution >= 0.6 is 0 Å². The number of aliphatic hydroxyl groups excluding tert-OH is 1. The van der Waals surface area contributed by atoms with Gasteiger partial charge in [-0.15, -0.1) is 0 Å². The number of carboxylic acids is 1. The number of aromatic carboxylic acids is 1. The molecule has 12 heteroatoms. The second-order valence-corrected chi connectivity index (χ2v) is 9.90. The molecule has 0 fully saturated rings. The summed E-state index contributed by atoms with van der Waals surface area (Å²) in [6, 6.07) is 11.3. The highest BCUT2D eigenvalue weighted by Crippen LogP contribution is 2.39. The van der Waals surface area contributed by atoms with Crippen molar-refractivity contribution in [1.29, 1.82) is 0 Å². The maximum atomic E-state index is 14.1. The monoisotopic (exact) mass is 578 g/mol. The first kappa shape index (κ1) is 30.3. The van der Waals surface area contributed by atoms with E-state index in [1.54, 1.807) is 57.4 Å². The zero-order valence-electron chi connectivity index (χ0n) is 23.8. The van der Waals surface area contributed by atoms with Crippen molar-refractivity contribution >= 4 is 40.2 Å². The van der Waals surface area contributed by atoms with Gasteiger partial charge in [-0.3, -0.25) is 14.4 Å². The molecule has 0 aromatic heterocycles. The Morgan fingerprint density at radius 2 is 1.95 bits per heavy atom. The number of benzene rings is 3. The summed E-state index contributed by atoms with van der Waals surface area (Å²) < 4.78 is 11.7. The van der Waals surface area contributed by atoms with Crippen molar-refractivity contribution in [1.82, 2.24) is 15.5 Å². The van der Waals surface area contributed by atoms with Gasteiger partial charge in [-0.1, -0.05) is 18.2 Å². The first-order valence-electron chi connectivity index (χ1n) is 13.3. The molecule has 3 aromatic carbocycles. The van der Waals surface area contributed by atoms with Gasteiger partial charge < -0.3 is 40.1 Å². The van der Waals surface area contributed by atoms with Crippen LogP contribution in [0.3, 0.4) is 0 Å². The number of para-hydroxylation sites is 1. The lowest BCUT2D eigenvalue weighted by molar-refractivity contribution is -0.129. The number of ether oxygens (including phenoxy) is 2. The number of likely N-dealkylation sites (N-methyl/N-ethyl adjacent to an activating group) is 2. The van der Waals surface area contributed by atoms with Gasteiger partial charge in [0, 0.05) is 19.2 Å². The van der Waals surface area contributed by atoms with E-state index >= 15 is 0 Å². The number of hydrogen-bond donors (Lipinski definition) is 4. The molecule has 222 valence electrons. The van der Waals surface area contributed by atoms with E-state index in [0.29, 0.717) is 27.8 Å². The van der Waals surface area contributed by atoms with Crippen LogP contribution in [0.15, 0.2) is 48.5 Å². The molecule has 1 aliphatic heterocycles. The van der Waals surface area contributed by atoms with Crippen LogP contribution in [0, 0.1) is 0 Å². The van der Waals surface area contributed by atoms with E-state index in [1.165, 1.54) is 29.0 Å². The third-order valence-electron chi connectivity index (χ3n) is 7.27. The third-order valence-corrected chi connectivity index (χ3v) is 7.27. The number of fused-ring (bicyclic) bond motifs is 2. The highest BCUT2D eigenvalue weighted by atomic mass is 16.5. The first-order chi connectivity index (χ1) is 20.1. The Morgan fingerprint density at radius 3 is 2.62 bits per heavy atom. The fourth-order valence-electron chi connectivity index (χ4n) is 4.77. The summed E-state index contributed by atoms with van der Waals surface area (Å²) in [7, 11) is 4.67. The van der Waals surface area contributed by atoms with Gasteiger partial charge in [0.15, 0.2) is 5.75 Å². The molecule has 0 bridgehead atoms. The number of carboxylic acid groups (broad SMARTS) is 1. The van der Waals surface area contributed by atoms with Crippen LogP contribution in [0.5, 0.6) is 11.5 Å². The average molecular weight is 579 g/mol. The first-order valence-corrected chi connectivity index (χ1v) is 13.3. The van der Waals surface area contributed by atoms with E-state index in [-0.39, 0.29) is 43.2 Å². The molecule has 3 amide bonds. The van der Waals surface area contributed by atoms with Gasteiger partial charge in [-0.2, -0.15) is 0 Å². The molecule has 3 aromatic rings. The number of carbonyl (C=O) groups excluding carboxylic acids is 3. The van der Waals surface area contributed by atoms with Gasteiger partial charge in [-0.25, -0.2) is 4.79 Å². The minimum atomic E-state index is -1.08. The maximum absolute atomic E-state index is 14.1. The summed E-state index contributed by atoms with van der Waals surface area (Å²) in [6.07, 6.45) is 0. The Labute approximate surface area is 242 Å². The van der Waals surface area contributed by atoms with Crippen LogP contribution in [0.2, 0.25) is 0 Å². The van der Waals surface area contributed by atoms with Crippen molar-refractivity contribution < 1.29 is 38.9 Å². The van der Waals surface area contributed by atoms with E-state index in [1.807, 2.05) is 0 Å². The van der Waals surface area contributed by atoms with Crippen molar-refractivity contribution in [3.63, 3.8) is 0 Å². The van der Waals surface area contributed by atoms with Gasteiger partial charge >= 0.3 is 5.97 Å². The molecule has 2 unspecified atom stereocenters. The smallest absolute Gasteiger partial charge is 0.335 e. The van der Waals surface area contributed by atoms with Gasteiger partial charge in [0.2, 0.25) is 5.91 Å². The van der Waals surface area contributed by atoms with E-state index in [9.17, 15) is 29.4 Å². The Hall–Kier alpha value is -4.68. The molecule has 0 spiro atoms. The minimum absolute atomic E-state index is 0.0415. The zero-order valence-corrected chi connectivity index (χ0v) is 23.8. The fourth-order valence-corrected chi connectivity index (χ4v) is 4.77. The van der Waals surface area contributed by atoms with E-state index in [2.05, 4.69) is 10.6 Å². The third kappa shape index (κ3) is 5.99. The van der Waals surface area contributed by atoms with E-state index in [4.69, 9.17) is 9.47 Å². The predicted octanol–water partition coefficient (Wildman–Crippen LogP) is 1.63. The van der Waals surface area contributed by atoms with Crippen LogP contribution in [-0.4, -0.2) is 91.9 Å². The summed E-state index contributed by atoms with van der Waals surface area (Å²) in [6.45, 7) is 1.25. The van der Waals surface area contributed by atoms with Crippen molar-refractivity contribution in [3.8, 4) is 11.5 Å². The second kappa shape index (κ2) is 12.9. The van der Waals surface area contributed by atoms with Gasteiger partial charge in [0.25, 0.3) is 11.8 Å². The van der Waals surface area contributed by atoms with Crippen LogP contribution in [0.25, 0.3) is 10.8 Å². The van der Waals surface area contributed by atoms with Crippen molar-refractivity contribution in [2.45, 2.75) is 25.6 Å².